The van der Waals surface area contributed by atoms with Gasteiger partial charge in [-0.3, -0.25) is 19.4 Å². The number of nitrogens with one attached hydrogen (secondary N) is 2. The zero-order valence-corrected chi connectivity index (χ0v) is 42.9. The lowest BCUT2D eigenvalue weighted by Gasteiger charge is -2.44. The average Bonchev–Trinajstić information content (AvgIpc) is 3.71. The smallest absolute Gasteiger partial charge is 0.234 e. The fourth-order valence-corrected chi connectivity index (χ4v) is 16.9. The van der Waals surface area contributed by atoms with E-state index in [4.69, 9.17) is 4.74 Å². The van der Waals surface area contributed by atoms with E-state index in [9.17, 15) is 14.0 Å². The number of thioether (sulfide) groups is 1. The summed E-state index contributed by atoms with van der Waals surface area (Å²) in [4.78, 5) is 37.2. The Hall–Kier alpha value is -6.01. The standard InChI is InChI=1S/C62H67FN4O3S2/c1-70-47-65-61(69)60-57(48-33-35-52(63)36-34-48)45-53-37-38-58(60)67(53)41-20-40-66(42-43-71-62(49-21-8-2-9-22-49,50-23-10-3-11-24-50)51-25-12-4-13-26-51)46-59(68)64-39-44-72(54-27-14-5-15-28-54,55-29-16-6-17-30-55)56-31-18-7-19-32-56/h2-19,21-36,53,57-58,60H,20,37-47H2,1H3,(H,64,68)(H,65,69)/t53?,57-,58?,60-/m0/s1. The number of amides is 2. The van der Waals surface area contributed by atoms with Crippen LogP contribution >= 0.6 is 21.8 Å². The zero-order chi connectivity index (χ0) is 49.6. The molecular formula is C62H67FN4O3S2. The summed E-state index contributed by atoms with van der Waals surface area (Å²) < 4.78 is 18.9. The lowest BCUT2D eigenvalue weighted by atomic mass is 9.75. The van der Waals surface area contributed by atoms with Crippen molar-refractivity contribution in [2.45, 2.75) is 63.1 Å². The summed E-state index contributed by atoms with van der Waals surface area (Å²) >= 11 is 1.92. The van der Waals surface area contributed by atoms with Crippen LogP contribution in [-0.2, 0) is 19.1 Å². The molecule has 9 rings (SSSR count). The van der Waals surface area contributed by atoms with E-state index in [-0.39, 0.29) is 48.8 Å². The molecule has 4 atom stereocenters. The molecule has 372 valence electrons. The molecule has 0 aromatic heterocycles. The molecule has 2 saturated heterocycles. The molecule has 2 heterocycles. The monoisotopic (exact) mass is 998 g/mol. The number of benzene rings is 7. The fourth-order valence-electron chi connectivity index (χ4n) is 11.5. The van der Waals surface area contributed by atoms with Crippen LogP contribution in [0.25, 0.3) is 0 Å². The van der Waals surface area contributed by atoms with Crippen LogP contribution in [0.5, 0.6) is 0 Å². The number of fused-ring (bicyclic) bond motifs is 2. The van der Waals surface area contributed by atoms with Gasteiger partial charge in [0, 0.05) is 43.8 Å². The highest BCUT2D eigenvalue weighted by molar-refractivity contribution is 8.33. The number of hydrogen-bond donors (Lipinski definition) is 2. The van der Waals surface area contributed by atoms with Crippen LogP contribution in [0.3, 0.4) is 0 Å². The molecule has 2 bridgehead atoms. The Kier molecular flexibility index (Phi) is 17.4. The van der Waals surface area contributed by atoms with E-state index in [0.717, 1.165) is 49.3 Å². The Morgan fingerprint density at radius 1 is 0.667 bits per heavy atom. The topological polar surface area (TPSA) is 73.9 Å². The molecule has 7 aromatic rings. The molecule has 2 amide bonds. The molecule has 0 aliphatic carbocycles. The van der Waals surface area contributed by atoms with Crippen LogP contribution in [0.15, 0.2) is 221 Å². The first-order valence-corrected chi connectivity index (χ1v) is 28.2. The molecule has 2 fully saturated rings. The molecule has 0 radical (unpaired) electrons. The van der Waals surface area contributed by atoms with E-state index in [1.54, 1.807) is 7.11 Å². The van der Waals surface area contributed by atoms with Crippen molar-refractivity contribution in [1.82, 2.24) is 20.4 Å². The van der Waals surface area contributed by atoms with Crippen LogP contribution < -0.4 is 10.6 Å². The summed E-state index contributed by atoms with van der Waals surface area (Å²) in [5.74, 6) is 0.941. The van der Waals surface area contributed by atoms with Gasteiger partial charge in [-0.25, -0.2) is 4.39 Å². The van der Waals surface area contributed by atoms with Crippen molar-refractivity contribution in [3.05, 3.63) is 234 Å². The summed E-state index contributed by atoms with van der Waals surface area (Å²) in [5.41, 5.74) is 4.64. The summed E-state index contributed by atoms with van der Waals surface area (Å²) in [6.07, 6.45) is 3.60. The first kappa shape index (κ1) is 50.9. The van der Waals surface area contributed by atoms with Crippen molar-refractivity contribution in [1.29, 1.82) is 0 Å². The van der Waals surface area contributed by atoms with Gasteiger partial charge in [-0.05, 0) is 130 Å². The third-order valence-corrected chi connectivity index (χ3v) is 20.3. The average molecular weight is 999 g/mol. The Bertz CT molecular complexity index is 2570. The summed E-state index contributed by atoms with van der Waals surface area (Å²) in [6, 6.07) is 71.8. The molecule has 7 aromatic carbocycles. The number of carbonyl (C=O) groups excluding carboxylic acids is 2. The maximum Gasteiger partial charge on any atom is 0.234 e. The predicted molar refractivity (Wildman–Crippen MR) is 293 cm³/mol. The Morgan fingerprint density at radius 2 is 1.17 bits per heavy atom. The first-order chi connectivity index (χ1) is 35.4. The van der Waals surface area contributed by atoms with Crippen LogP contribution in [0.1, 0.15) is 53.9 Å². The van der Waals surface area contributed by atoms with Crippen LogP contribution in [0.2, 0.25) is 0 Å². The fraction of sp³-hybridized carbons (Fsp3) is 0.290. The van der Waals surface area contributed by atoms with Gasteiger partial charge in [0.05, 0.1) is 17.2 Å². The van der Waals surface area contributed by atoms with E-state index in [0.29, 0.717) is 25.7 Å². The number of rotatable bonds is 23. The number of piperidine rings is 1. The number of halogens is 1. The number of carbonyl (C=O) groups is 2. The van der Waals surface area contributed by atoms with E-state index in [1.807, 2.05) is 23.9 Å². The Morgan fingerprint density at radius 3 is 1.67 bits per heavy atom. The Balaban J connectivity index is 0.962. The quantitative estimate of drug-likeness (QED) is 0.0491. The largest absolute Gasteiger partial charge is 0.364 e. The Labute approximate surface area is 431 Å². The van der Waals surface area contributed by atoms with E-state index < -0.39 is 14.8 Å². The number of nitrogens with zero attached hydrogens (tertiary/aromatic N) is 2. The van der Waals surface area contributed by atoms with E-state index in [2.05, 4.69) is 202 Å². The highest BCUT2D eigenvalue weighted by Crippen LogP contribution is 2.67. The van der Waals surface area contributed by atoms with Gasteiger partial charge in [0.25, 0.3) is 0 Å². The summed E-state index contributed by atoms with van der Waals surface area (Å²) in [7, 11) is -0.143. The molecule has 2 aliphatic rings. The van der Waals surface area contributed by atoms with Gasteiger partial charge in [0.2, 0.25) is 11.8 Å². The van der Waals surface area contributed by atoms with Gasteiger partial charge in [-0.15, -0.1) is 11.8 Å². The predicted octanol–water partition coefficient (Wildman–Crippen LogP) is 12.0. The molecule has 2 unspecified atom stereocenters. The lowest BCUT2D eigenvalue weighted by molar-refractivity contribution is -0.131. The molecule has 2 N–H and O–H groups in total. The minimum atomic E-state index is -1.73. The second-order valence-electron chi connectivity index (χ2n) is 18.9. The van der Waals surface area contributed by atoms with Crippen molar-refractivity contribution in [2.24, 2.45) is 5.92 Å². The van der Waals surface area contributed by atoms with Gasteiger partial charge in [0.15, 0.2) is 0 Å². The van der Waals surface area contributed by atoms with Gasteiger partial charge >= 0.3 is 0 Å². The van der Waals surface area contributed by atoms with Crippen LogP contribution in [0.4, 0.5) is 4.39 Å². The van der Waals surface area contributed by atoms with Crippen molar-refractivity contribution in [3.8, 4) is 0 Å². The second kappa shape index (κ2) is 24.6. The molecule has 7 nitrogen and oxygen atoms in total. The molecule has 72 heavy (non-hydrogen) atoms. The van der Waals surface area contributed by atoms with Crippen molar-refractivity contribution in [2.75, 3.05) is 58.1 Å². The molecular weight excluding hydrogens is 932 g/mol. The molecule has 0 saturated carbocycles. The highest BCUT2D eigenvalue weighted by Gasteiger charge is 2.50. The van der Waals surface area contributed by atoms with Gasteiger partial charge in [-0.2, -0.15) is 10.0 Å². The number of ether oxygens (including phenoxy) is 1. The summed E-state index contributed by atoms with van der Waals surface area (Å²) in [6.45, 7) is 3.15. The van der Waals surface area contributed by atoms with Crippen LogP contribution in [0, 0.1) is 11.7 Å². The minimum absolute atomic E-state index is 0.0120. The van der Waals surface area contributed by atoms with Gasteiger partial charge < -0.3 is 15.4 Å². The molecule has 10 heteroatoms. The maximum absolute atomic E-state index is 14.5. The first-order valence-electron chi connectivity index (χ1n) is 25.4. The maximum atomic E-state index is 14.5. The van der Waals surface area contributed by atoms with Crippen molar-refractivity contribution in [3.63, 3.8) is 0 Å². The van der Waals surface area contributed by atoms with E-state index >= 15 is 0 Å². The lowest BCUT2D eigenvalue weighted by Crippen LogP contribution is -2.53. The number of hydrogen-bond acceptors (Lipinski definition) is 6. The van der Waals surface area contributed by atoms with Gasteiger partial charge in [-0.1, -0.05) is 158 Å². The second-order valence-corrected chi connectivity index (χ2v) is 23.5. The van der Waals surface area contributed by atoms with Gasteiger partial charge in [0.1, 0.15) is 12.5 Å². The molecule has 2 aliphatic heterocycles. The van der Waals surface area contributed by atoms with Crippen molar-refractivity contribution < 1.29 is 18.7 Å². The zero-order valence-electron chi connectivity index (χ0n) is 41.2. The van der Waals surface area contributed by atoms with Crippen LogP contribution in [-0.4, -0.2) is 91.8 Å². The minimum Gasteiger partial charge on any atom is -0.364 e. The van der Waals surface area contributed by atoms with E-state index in [1.165, 1.54) is 43.5 Å². The number of methoxy groups -OCH3 is 1. The van der Waals surface area contributed by atoms with Crippen molar-refractivity contribution >= 4 is 33.6 Å². The third kappa shape index (κ3) is 11.4. The molecule has 0 spiro atoms. The normalized spacial score (nSPS) is 18.2. The SMILES string of the molecule is COCNC(=O)[C@@H]1C2CCC(C[C@H]1c1ccc(F)cc1)N2CCCN(CCSC(c1ccccc1)(c1ccccc1)c1ccccc1)CC(=O)NCCS(c1ccccc1)(c1ccccc1)c1ccccc1. The summed E-state index contributed by atoms with van der Waals surface area (Å²) in [5, 5.41) is 6.45. The highest BCUT2D eigenvalue weighted by atomic mass is 32.3. The third-order valence-electron chi connectivity index (χ3n) is 14.7.